The van der Waals surface area contributed by atoms with Gasteiger partial charge in [0.2, 0.25) is 0 Å². The molecule has 0 aromatic rings. The second kappa shape index (κ2) is 7.82. The monoisotopic (exact) mass is 405 g/mol. The van der Waals surface area contributed by atoms with E-state index in [1.807, 2.05) is 20.8 Å². The van der Waals surface area contributed by atoms with Gasteiger partial charge in [-0.25, -0.2) is 4.79 Å². The van der Waals surface area contributed by atoms with E-state index in [1.54, 1.807) is 4.90 Å². The van der Waals surface area contributed by atoms with E-state index in [1.165, 1.54) is 4.31 Å². The topological polar surface area (TPSA) is 97.4 Å². The van der Waals surface area contributed by atoms with Crippen molar-refractivity contribution in [3.63, 3.8) is 0 Å². The lowest BCUT2D eigenvalue weighted by molar-refractivity contribution is -0.179. The highest BCUT2D eigenvalue weighted by atomic mass is 32.2. The minimum absolute atomic E-state index is 0.177. The number of amides is 1. The SMILES string of the molecule is CC(C)(C)OC(=O)N1CCC(NS(=O)(=O)N2CCC3(CC2)OCCO3)CC1. The predicted octanol–water partition coefficient (Wildman–Crippen LogP) is 1.06. The first-order valence-corrected chi connectivity index (χ1v) is 11.1. The second-order valence-corrected chi connectivity index (χ2v) is 10.1. The first kappa shape index (κ1) is 20.8. The number of hydrogen-bond donors (Lipinski definition) is 1. The molecule has 3 aliphatic rings. The fraction of sp³-hybridized carbons (Fsp3) is 0.941. The number of piperidine rings is 2. The van der Waals surface area contributed by atoms with E-state index < -0.39 is 21.6 Å². The van der Waals surface area contributed by atoms with E-state index in [-0.39, 0.29) is 12.1 Å². The Labute approximate surface area is 161 Å². The largest absolute Gasteiger partial charge is 0.444 e. The normalized spacial score (nSPS) is 25.1. The number of likely N-dealkylation sites (tertiary alicyclic amines) is 1. The molecule has 0 unspecified atom stereocenters. The van der Waals surface area contributed by atoms with Crippen LogP contribution in [-0.4, -0.2) is 80.5 Å². The zero-order valence-electron chi connectivity index (χ0n) is 16.4. The number of nitrogens with one attached hydrogen (secondary N) is 1. The molecular weight excluding hydrogens is 374 g/mol. The minimum atomic E-state index is -3.56. The van der Waals surface area contributed by atoms with Crippen LogP contribution in [0.2, 0.25) is 0 Å². The molecule has 1 N–H and O–H groups in total. The molecule has 27 heavy (non-hydrogen) atoms. The third-order valence-corrected chi connectivity index (χ3v) is 6.78. The van der Waals surface area contributed by atoms with Gasteiger partial charge in [0.05, 0.1) is 13.2 Å². The first-order valence-electron chi connectivity index (χ1n) is 9.62. The molecule has 3 aliphatic heterocycles. The number of hydrogen-bond acceptors (Lipinski definition) is 6. The van der Waals surface area contributed by atoms with E-state index in [0.29, 0.717) is 65.1 Å². The van der Waals surface area contributed by atoms with E-state index >= 15 is 0 Å². The third kappa shape index (κ3) is 5.32. The summed E-state index contributed by atoms with van der Waals surface area (Å²) in [6.45, 7) is 8.35. The molecule has 0 aliphatic carbocycles. The number of carbonyl (C=O) groups is 1. The van der Waals surface area contributed by atoms with Crippen LogP contribution in [0.3, 0.4) is 0 Å². The van der Waals surface area contributed by atoms with E-state index in [0.717, 1.165) is 0 Å². The van der Waals surface area contributed by atoms with E-state index in [4.69, 9.17) is 14.2 Å². The molecule has 3 saturated heterocycles. The van der Waals surface area contributed by atoms with Gasteiger partial charge in [-0.2, -0.15) is 17.4 Å². The molecule has 0 bridgehead atoms. The van der Waals surface area contributed by atoms with E-state index in [9.17, 15) is 13.2 Å². The average Bonchev–Trinajstić information content (AvgIpc) is 3.02. The molecule has 10 heteroatoms. The lowest BCUT2D eigenvalue weighted by Crippen LogP contribution is -2.54. The van der Waals surface area contributed by atoms with Gasteiger partial charge in [0, 0.05) is 45.1 Å². The molecule has 3 rings (SSSR count). The standard InChI is InChI=1S/C17H31N3O6S/c1-16(2,3)26-15(21)19-8-4-14(5-9-19)18-27(22,23)20-10-6-17(7-11-20)24-12-13-25-17/h14,18H,4-13H2,1-3H3. The smallest absolute Gasteiger partial charge is 0.410 e. The van der Waals surface area contributed by atoms with Gasteiger partial charge in [0.25, 0.3) is 10.2 Å². The molecule has 0 saturated carbocycles. The van der Waals surface area contributed by atoms with Gasteiger partial charge >= 0.3 is 6.09 Å². The van der Waals surface area contributed by atoms with Gasteiger partial charge in [0.1, 0.15) is 5.60 Å². The third-order valence-electron chi connectivity index (χ3n) is 5.10. The molecule has 3 fully saturated rings. The van der Waals surface area contributed by atoms with Crippen molar-refractivity contribution in [3.8, 4) is 0 Å². The van der Waals surface area contributed by atoms with Crippen LogP contribution in [0.5, 0.6) is 0 Å². The Hall–Kier alpha value is -0.940. The Kier molecular flexibility index (Phi) is 6.02. The molecule has 156 valence electrons. The fourth-order valence-electron chi connectivity index (χ4n) is 3.64. The van der Waals surface area contributed by atoms with Gasteiger partial charge in [-0.15, -0.1) is 0 Å². The minimum Gasteiger partial charge on any atom is -0.444 e. The van der Waals surface area contributed by atoms with Gasteiger partial charge in [-0.05, 0) is 33.6 Å². The van der Waals surface area contributed by atoms with Crippen LogP contribution >= 0.6 is 0 Å². The molecule has 1 amide bonds. The molecule has 9 nitrogen and oxygen atoms in total. The summed E-state index contributed by atoms with van der Waals surface area (Å²) in [5, 5.41) is 0. The maximum absolute atomic E-state index is 12.7. The summed E-state index contributed by atoms with van der Waals surface area (Å²) < 4.78 is 46.3. The van der Waals surface area contributed by atoms with Crippen molar-refractivity contribution in [2.24, 2.45) is 0 Å². The molecule has 0 radical (unpaired) electrons. The van der Waals surface area contributed by atoms with E-state index in [2.05, 4.69) is 4.72 Å². The van der Waals surface area contributed by atoms with Crippen molar-refractivity contribution in [2.75, 3.05) is 39.4 Å². The van der Waals surface area contributed by atoms with Crippen molar-refractivity contribution >= 4 is 16.3 Å². The van der Waals surface area contributed by atoms with Gasteiger partial charge in [-0.3, -0.25) is 0 Å². The van der Waals surface area contributed by atoms with Crippen molar-refractivity contribution in [2.45, 2.75) is 63.9 Å². The molecular formula is C17H31N3O6S. The average molecular weight is 406 g/mol. The maximum Gasteiger partial charge on any atom is 0.410 e. The maximum atomic E-state index is 12.7. The highest BCUT2D eigenvalue weighted by molar-refractivity contribution is 7.87. The molecule has 0 aromatic carbocycles. The van der Waals surface area contributed by atoms with Crippen LogP contribution in [0.15, 0.2) is 0 Å². The van der Waals surface area contributed by atoms with Gasteiger partial charge in [0.15, 0.2) is 5.79 Å². The fourth-order valence-corrected chi connectivity index (χ4v) is 5.11. The number of ether oxygens (including phenoxy) is 3. The van der Waals surface area contributed by atoms with Gasteiger partial charge in [-0.1, -0.05) is 0 Å². The summed E-state index contributed by atoms with van der Waals surface area (Å²) in [7, 11) is -3.56. The Morgan fingerprint density at radius 3 is 2.15 bits per heavy atom. The zero-order chi connectivity index (χ0) is 19.7. The Balaban J connectivity index is 1.46. The lowest BCUT2D eigenvalue weighted by Gasteiger charge is -2.38. The summed E-state index contributed by atoms with van der Waals surface area (Å²) >= 11 is 0. The number of nitrogens with zero attached hydrogens (tertiary/aromatic N) is 2. The van der Waals surface area contributed by atoms with Gasteiger partial charge < -0.3 is 19.1 Å². The quantitative estimate of drug-likeness (QED) is 0.754. The van der Waals surface area contributed by atoms with Crippen LogP contribution < -0.4 is 4.72 Å². The lowest BCUT2D eigenvalue weighted by atomic mass is 10.1. The van der Waals surface area contributed by atoms with Crippen LogP contribution in [0, 0.1) is 0 Å². The van der Waals surface area contributed by atoms with Crippen LogP contribution in [-0.2, 0) is 24.4 Å². The summed E-state index contributed by atoms with van der Waals surface area (Å²) in [4.78, 5) is 13.7. The molecule has 3 heterocycles. The predicted molar refractivity (Wildman–Crippen MR) is 98.3 cm³/mol. The summed E-state index contributed by atoms with van der Waals surface area (Å²) in [6.07, 6.45) is 1.89. The van der Waals surface area contributed by atoms with Crippen LogP contribution in [0.1, 0.15) is 46.5 Å². The Morgan fingerprint density at radius 2 is 1.63 bits per heavy atom. The second-order valence-electron chi connectivity index (χ2n) is 8.37. The highest BCUT2D eigenvalue weighted by Crippen LogP contribution is 2.32. The van der Waals surface area contributed by atoms with Crippen molar-refractivity contribution < 1.29 is 27.4 Å². The summed E-state index contributed by atoms with van der Waals surface area (Å²) in [6, 6.07) is -0.177. The Morgan fingerprint density at radius 1 is 1.07 bits per heavy atom. The molecule has 1 spiro atoms. The van der Waals surface area contributed by atoms with Crippen molar-refractivity contribution in [1.82, 2.24) is 13.9 Å². The summed E-state index contributed by atoms with van der Waals surface area (Å²) in [5.74, 6) is -0.592. The van der Waals surface area contributed by atoms with Crippen molar-refractivity contribution in [3.05, 3.63) is 0 Å². The molecule has 0 aromatic heterocycles. The summed E-state index contributed by atoms with van der Waals surface area (Å²) in [5.41, 5.74) is -0.534. The number of rotatable bonds is 3. The van der Waals surface area contributed by atoms with Crippen LogP contribution in [0.25, 0.3) is 0 Å². The van der Waals surface area contributed by atoms with Crippen LogP contribution in [0.4, 0.5) is 4.79 Å². The molecule has 0 atom stereocenters. The number of carbonyl (C=O) groups excluding carboxylic acids is 1. The zero-order valence-corrected chi connectivity index (χ0v) is 17.2. The highest BCUT2D eigenvalue weighted by Gasteiger charge is 2.42. The van der Waals surface area contributed by atoms with Crippen molar-refractivity contribution in [1.29, 1.82) is 0 Å². The first-order chi connectivity index (χ1) is 12.6. The Bertz CT molecular complexity index is 624.